The lowest BCUT2D eigenvalue weighted by atomic mass is 10.1. The van der Waals surface area contributed by atoms with E-state index in [9.17, 15) is 4.79 Å². The Bertz CT molecular complexity index is 332. The number of benzene rings is 1. The molecule has 2 nitrogen and oxygen atoms in total. The van der Waals surface area contributed by atoms with Crippen molar-refractivity contribution in [3.63, 3.8) is 0 Å². The van der Waals surface area contributed by atoms with E-state index in [1.165, 1.54) is 6.08 Å². The van der Waals surface area contributed by atoms with Crippen LogP contribution >= 0.6 is 15.9 Å². The van der Waals surface area contributed by atoms with Crippen LogP contribution in [0.4, 0.5) is 0 Å². The minimum atomic E-state index is -0.152. The lowest BCUT2D eigenvalue weighted by molar-refractivity contribution is -0.117. The van der Waals surface area contributed by atoms with Crippen LogP contribution in [0.3, 0.4) is 0 Å². The van der Waals surface area contributed by atoms with Crippen molar-refractivity contribution in [3.05, 3.63) is 47.0 Å². The Hall–Kier alpha value is -1.09. The Labute approximate surface area is 92.1 Å². The van der Waals surface area contributed by atoms with E-state index in [-0.39, 0.29) is 11.9 Å². The highest BCUT2D eigenvalue weighted by molar-refractivity contribution is 9.10. The molecular formula is C11H12BrNO. The van der Waals surface area contributed by atoms with Gasteiger partial charge in [-0.25, -0.2) is 0 Å². The molecule has 1 aromatic rings. The third kappa shape index (κ3) is 3.00. The maximum atomic E-state index is 11.0. The maximum Gasteiger partial charge on any atom is 0.243 e. The zero-order valence-electron chi connectivity index (χ0n) is 7.96. The summed E-state index contributed by atoms with van der Waals surface area (Å²) >= 11 is 3.36. The molecule has 0 saturated carbocycles. The van der Waals surface area contributed by atoms with Crippen molar-refractivity contribution in [1.29, 1.82) is 0 Å². The molecule has 1 atom stereocenters. The zero-order valence-corrected chi connectivity index (χ0v) is 9.54. The standard InChI is InChI=1S/C11H12BrNO/c1-3-11(14)13-8(2)9-4-6-10(12)7-5-9/h3-8H,1H2,2H3,(H,13,14)/t8-/m1/s1. The van der Waals surface area contributed by atoms with Gasteiger partial charge in [0.25, 0.3) is 0 Å². The third-order valence-electron chi connectivity index (χ3n) is 1.91. The van der Waals surface area contributed by atoms with Crippen molar-refractivity contribution < 1.29 is 4.79 Å². The van der Waals surface area contributed by atoms with Crippen LogP contribution in [-0.4, -0.2) is 5.91 Å². The van der Waals surface area contributed by atoms with Crippen molar-refractivity contribution in [2.45, 2.75) is 13.0 Å². The second kappa shape index (κ2) is 4.96. The molecule has 0 unspecified atom stereocenters. The molecule has 0 aromatic heterocycles. The number of nitrogens with one attached hydrogen (secondary N) is 1. The molecule has 0 heterocycles. The minimum absolute atomic E-state index is 0.00796. The minimum Gasteiger partial charge on any atom is -0.346 e. The van der Waals surface area contributed by atoms with Crippen LogP contribution in [0.15, 0.2) is 41.4 Å². The largest absolute Gasteiger partial charge is 0.346 e. The molecule has 1 amide bonds. The van der Waals surface area contributed by atoms with Crippen LogP contribution in [-0.2, 0) is 4.79 Å². The van der Waals surface area contributed by atoms with Crippen molar-refractivity contribution in [3.8, 4) is 0 Å². The normalized spacial score (nSPS) is 11.9. The number of rotatable bonds is 3. The van der Waals surface area contributed by atoms with E-state index in [2.05, 4.69) is 27.8 Å². The molecule has 0 saturated heterocycles. The fourth-order valence-corrected chi connectivity index (χ4v) is 1.37. The van der Waals surface area contributed by atoms with Crippen molar-refractivity contribution in [2.75, 3.05) is 0 Å². The number of carbonyl (C=O) groups is 1. The highest BCUT2D eigenvalue weighted by Gasteiger charge is 2.06. The molecule has 14 heavy (non-hydrogen) atoms. The first-order valence-electron chi connectivity index (χ1n) is 4.32. The lowest BCUT2D eigenvalue weighted by Gasteiger charge is -2.12. The number of hydrogen-bond acceptors (Lipinski definition) is 1. The lowest BCUT2D eigenvalue weighted by Crippen LogP contribution is -2.24. The predicted octanol–water partition coefficient (Wildman–Crippen LogP) is 2.81. The van der Waals surface area contributed by atoms with Gasteiger partial charge in [0, 0.05) is 4.47 Å². The second-order valence-corrected chi connectivity index (χ2v) is 3.90. The maximum absolute atomic E-state index is 11.0. The first kappa shape index (κ1) is 11.0. The van der Waals surface area contributed by atoms with Crippen LogP contribution < -0.4 is 5.32 Å². The highest BCUT2D eigenvalue weighted by Crippen LogP contribution is 2.16. The van der Waals surface area contributed by atoms with Gasteiger partial charge in [-0.2, -0.15) is 0 Å². The van der Waals surface area contributed by atoms with Gasteiger partial charge < -0.3 is 5.32 Å². The van der Waals surface area contributed by atoms with Gasteiger partial charge in [0.15, 0.2) is 0 Å². The molecule has 0 spiro atoms. The molecule has 0 fully saturated rings. The van der Waals surface area contributed by atoms with E-state index in [4.69, 9.17) is 0 Å². The summed E-state index contributed by atoms with van der Waals surface area (Å²) in [5.74, 6) is -0.152. The van der Waals surface area contributed by atoms with Crippen molar-refractivity contribution in [2.24, 2.45) is 0 Å². The number of amides is 1. The summed E-state index contributed by atoms with van der Waals surface area (Å²) in [6.45, 7) is 5.34. The van der Waals surface area contributed by atoms with E-state index in [0.717, 1.165) is 10.0 Å². The van der Waals surface area contributed by atoms with Gasteiger partial charge in [-0.15, -0.1) is 0 Å². The molecule has 1 rings (SSSR count). The van der Waals surface area contributed by atoms with Crippen LogP contribution in [0.1, 0.15) is 18.5 Å². The van der Waals surface area contributed by atoms with Crippen molar-refractivity contribution >= 4 is 21.8 Å². The average molecular weight is 254 g/mol. The first-order valence-corrected chi connectivity index (χ1v) is 5.11. The van der Waals surface area contributed by atoms with Crippen LogP contribution in [0.2, 0.25) is 0 Å². The van der Waals surface area contributed by atoms with Crippen LogP contribution in [0, 0.1) is 0 Å². The van der Waals surface area contributed by atoms with Gasteiger partial charge in [-0.1, -0.05) is 34.6 Å². The molecule has 3 heteroatoms. The molecule has 0 aliphatic rings. The van der Waals surface area contributed by atoms with E-state index in [1.54, 1.807) is 0 Å². The number of halogens is 1. The molecule has 1 N–H and O–H groups in total. The Kier molecular flexibility index (Phi) is 3.89. The Balaban J connectivity index is 2.69. The van der Waals surface area contributed by atoms with Gasteiger partial charge in [0.1, 0.15) is 0 Å². The van der Waals surface area contributed by atoms with Gasteiger partial charge in [-0.05, 0) is 30.7 Å². The fourth-order valence-electron chi connectivity index (χ4n) is 1.11. The highest BCUT2D eigenvalue weighted by atomic mass is 79.9. The second-order valence-electron chi connectivity index (χ2n) is 2.99. The molecule has 0 aliphatic heterocycles. The quantitative estimate of drug-likeness (QED) is 0.825. The number of carbonyl (C=O) groups excluding carboxylic acids is 1. The van der Waals surface area contributed by atoms with Gasteiger partial charge in [-0.3, -0.25) is 4.79 Å². The molecule has 1 aromatic carbocycles. The summed E-state index contributed by atoms with van der Waals surface area (Å²) in [4.78, 5) is 11.0. The molecule has 0 aliphatic carbocycles. The summed E-state index contributed by atoms with van der Waals surface area (Å²) in [6.07, 6.45) is 1.27. The zero-order chi connectivity index (χ0) is 10.6. The molecule has 0 bridgehead atoms. The Morgan fingerprint density at radius 3 is 2.57 bits per heavy atom. The summed E-state index contributed by atoms with van der Waals surface area (Å²) in [6, 6.07) is 7.85. The first-order chi connectivity index (χ1) is 6.63. The average Bonchev–Trinajstić information content (AvgIpc) is 2.18. The summed E-state index contributed by atoms with van der Waals surface area (Å²) in [5, 5.41) is 2.79. The Morgan fingerprint density at radius 1 is 1.50 bits per heavy atom. The molecule has 74 valence electrons. The van der Waals surface area contributed by atoms with Gasteiger partial charge in [0.2, 0.25) is 5.91 Å². The van der Waals surface area contributed by atoms with Crippen LogP contribution in [0.5, 0.6) is 0 Å². The molecular weight excluding hydrogens is 242 g/mol. The Morgan fingerprint density at radius 2 is 2.07 bits per heavy atom. The summed E-state index contributed by atoms with van der Waals surface area (Å²) in [5.41, 5.74) is 1.07. The fraction of sp³-hybridized carbons (Fsp3) is 0.182. The van der Waals surface area contributed by atoms with Gasteiger partial charge in [0.05, 0.1) is 6.04 Å². The third-order valence-corrected chi connectivity index (χ3v) is 2.44. The van der Waals surface area contributed by atoms with Crippen molar-refractivity contribution in [1.82, 2.24) is 5.32 Å². The van der Waals surface area contributed by atoms with Gasteiger partial charge >= 0.3 is 0 Å². The predicted molar refractivity (Wildman–Crippen MR) is 60.9 cm³/mol. The SMILES string of the molecule is C=CC(=O)N[C@H](C)c1ccc(Br)cc1. The van der Waals surface area contributed by atoms with E-state index in [1.807, 2.05) is 31.2 Å². The van der Waals surface area contributed by atoms with E-state index < -0.39 is 0 Å². The number of hydrogen-bond donors (Lipinski definition) is 1. The topological polar surface area (TPSA) is 29.1 Å². The summed E-state index contributed by atoms with van der Waals surface area (Å²) < 4.78 is 1.03. The smallest absolute Gasteiger partial charge is 0.243 e. The van der Waals surface area contributed by atoms with Crippen LogP contribution in [0.25, 0.3) is 0 Å². The summed E-state index contributed by atoms with van der Waals surface area (Å²) in [7, 11) is 0. The van der Waals surface area contributed by atoms with E-state index >= 15 is 0 Å². The monoisotopic (exact) mass is 253 g/mol. The molecule has 0 radical (unpaired) electrons. The van der Waals surface area contributed by atoms with E-state index in [0.29, 0.717) is 0 Å².